The Morgan fingerprint density at radius 1 is 1.50 bits per heavy atom. The molecule has 0 saturated heterocycles. The molecule has 0 aromatic heterocycles. The van der Waals surface area contributed by atoms with Gasteiger partial charge in [-0.1, -0.05) is 0 Å². The summed E-state index contributed by atoms with van der Waals surface area (Å²) < 4.78 is 26.1. The number of sulfone groups is 1. The summed E-state index contributed by atoms with van der Waals surface area (Å²) in [5.74, 6) is -0.0790. The molecule has 0 saturated carbocycles. The van der Waals surface area contributed by atoms with Crippen LogP contribution in [0.4, 0.5) is 0 Å². The fraction of sp³-hybridized carbons (Fsp3) is 1.00. The highest BCUT2D eigenvalue weighted by molar-refractivity contribution is 7.91. The van der Waals surface area contributed by atoms with E-state index in [0.717, 1.165) is 0 Å². The van der Waals surface area contributed by atoms with E-state index in [4.69, 9.17) is 5.73 Å². The standard InChI is InChI=1S/C5H13NO3S/c1-9-5-10(7,8)4-2-3-6/h2-6H2,1H3. The highest BCUT2D eigenvalue weighted by atomic mass is 32.2. The van der Waals surface area contributed by atoms with E-state index >= 15 is 0 Å². The monoisotopic (exact) mass is 167 g/mol. The molecule has 0 unspecified atom stereocenters. The normalized spacial score (nSPS) is 11.8. The van der Waals surface area contributed by atoms with Crippen molar-refractivity contribution in [2.45, 2.75) is 6.42 Å². The molecule has 0 atom stereocenters. The summed E-state index contributed by atoms with van der Waals surface area (Å²) >= 11 is 0. The molecule has 10 heavy (non-hydrogen) atoms. The second-order valence-electron chi connectivity index (χ2n) is 2.00. The molecule has 0 heterocycles. The summed E-state index contributed by atoms with van der Waals surface area (Å²) in [5.41, 5.74) is 5.13. The maximum Gasteiger partial charge on any atom is 0.174 e. The molecule has 0 aliphatic carbocycles. The van der Waals surface area contributed by atoms with Crippen LogP contribution in [-0.2, 0) is 14.6 Å². The first-order valence-corrected chi connectivity index (χ1v) is 4.84. The van der Waals surface area contributed by atoms with Crippen molar-refractivity contribution in [1.29, 1.82) is 0 Å². The van der Waals surface area contributed by atoms with E-state index in [1.54, 1.807) is 0 Å². The van der Waals surface area contributed by atoms with Crippen molar-refractivity contribution in [2.24, 2.45) is 5.73 Å². The Morgan fingerprint density at radius 3 is 2.50 bits per heavy atom. The third kappa shape index (κ3) is 4.72. The molecule has 5 heteroatoms. The first kappa shape index (κ1) is 9.87. The summed E-state index contributed by atoms with van der Waals surface area (Å²) in [4.78, 5) is 0. The van der Waals surface area contributed by atoms with E-state index < -0.39 is 9.84 Å². The van der Waals surface area contributed by atoms with Gasteiger partial charge in [0, 0.05) is 7.11 Å². The van der Waals surface area contributed by atoms with Gasteiger partial charge in [-0.3, -0.25) is 0 Å². The van der Waals surface area contributed by atoms with Crippen LogP contribution < -0.4 is 5.73 Å². The summed E-state index contributed by atoms with van der Waals surface area (Å²) in [6, 6.07) is 0. The summed E-state index contributed by atoms with van der Waals surface area (Å²) in [6.07, 6.45) is 0.506. The van der Waals surface area contributed by atoms with E-state index in [1.807, 2.05) is 0 Å². The minimum absolute atomic E-state index is 0.122. The summed E-state index contributed by atoms with van der Waals surface area (Å²) in [7, 11) is -1.63. The smallest absolute Gasteiger partial charge is 0.174 e. The number of nitrogens with two attached hydrogens (primary N) is 1. The molecular weight excluding hydrogens is 154 g/mol. The van der Waals surface area contributed by atoms with E-state index in [2.05, 4.69) is 4.74 Å². The first-order chi connectivity index (χ1) is 4.62. The maximum atomic E-state index is 10.8. The topological polar surface area (TPSA) is 69.4 Å². The van der Waals surface area contributed by atoms with E-state index in [-0.39, 0.29) is 11.7 Å². The zero-order valence-electron chi connectivity index (χ0n) is 6.04. The van der Waals surface area contributed by atoms with Crippen molar-refractivity contribution < 1.29 is 13.2 Å². The number of hydrogen-bond acceptors (Lipinski definition) is 4. The van der Waals surface area contributed by atoms with Crippen molar-refractivity contribution in [3.8, 4) is 0 Å². The van der Waals surface area contributed by atoms with Crippen molar-refractivity contribution in [1.82, 2.24) is 0 Å². The van der Waals surface area contributed by atoms with Crippen LogP contribution in [0.3, 0.4) is 0 Å². The van der Waals surface area contributed by atoms with Crippen molar-refractivity contribution in [3.63, 3.8) is 0 Å². The van der Waals surface area contributed by atoms with Gasteiger partial charge in [-0.15, -0.1) is 0 Å². The van der Waals surface area contributed by atoms with Crippen LogP contribution in [0, 0.1) is 0 Å². The van der Waals surface area contributed by atoms with Crippen LogP contribution in [-0.4, -0.2) is 33.8 Å². The van der Waals surface area contributed by atoms with Crippen LogP contribution in [0.25, 0.3) is 0 Å². The first-order valence-electron chi connectivity index (χ1n) is 3.02. The Kier molecular flexibility index (Phi) is 4.59. The minimum Gasteiger partial charge on any atom is -0.369 e. The Hall–Kier alpha value is -0.130. The van der Waals surface area contributed by atoms with Gasteiger partial charge in [0.2, 0.25) is 0 Å². The average Bonchev–Trinajstić information content (AvgIpc) is 1.84. The van der Waals surface area contributed by atoms with Crippen LogP contribution in [0.5, 0.6) is 0 Å². The third-order valence-corrected chi connectivity index (χ3v) is 2.46. The number of methoxy groups -OCH3 is 1. The van der Waals surface area contributed by atoms with Gasteiger partial charge in [0.25, 0.3) is 0 Å². The van der Waals surface area contributed by atoms with Gasteiger partial charge >= 0.3 is 0 Å². The van der Waals surface area contributed by atoms with Crippen LogP contribution in [0.2, 0.25) is 0 Å². The molecular formula is C5H13NO3S. The van der Waals surface area contributed by atoms with Crippen LogP contribution in [0.1, 0.15) is 6.42 Å². The fourth-order valence-corrected chi connectivity index (χ4v) is 1.63. The predicted octanol–water partition coefficient (Wildman–Crippen LogP) is -0.646. The van der Waals surface area contributed by atoms with E-state index in [1.165, 1.54) is 7.11 Å². The molecule has 2 N–H and O–H groups in total. The lowest BCUT2D eigenvalue weighted by Crippen LogP contribution is -2.15. The fourth-order valence-electron chi connectivity index (χ4n) is 0.542. The molecule has 0 radical (unpaired) electrons. The van der Waals surface area contributed by atoms with Gasteiger partial charge in [0.05, 0.1) is 5.75 Å². The Labute approximate surface area is 61.3 Å². The van der Waals surface area contributed by atoms with Gasteiger partial charge in [-0.25, -0.2) is 8.42 Å². The second-order valence-corrected chi connectivity index (χ2v) is 4.13. The molecule has 4 nitrogen and oxygen atoms in total. The molecule has 0 rings (SSSR count). The summed E-state index contributed by atoms with van der Waals surface area (Å²) in [5, 5.41) is 0. The zero-order valence-corrected chi connectivity index (χ0v) is 6.86. The largest absolute Gasteiger partial charge is 0.369 e. The Morgan fingerprint density at radius 2 is 2.10 bits per heavy atom. The van der Waals surface area contributed by atoms with E-state index in [9.17, 15) is 8.42 Å². The van der Waals surface area contributed by atoms with Gasteiger partial charge in [-0.05, 0) is 13.0 Å². The number of hydrogen-bond donors (Lipinski definition) is 1. The number of ether oxygens (including phenoxy) is 1. The molecule has 0 bridgehead atoms. The maximum absolute atomic E-state index is 10.8. The highest BCUT2D eigenvalue weighted by Crippen LogP contribution is 1.92. The molecule has 0 aliphatic rings. The molecule has 0 amide bonds. The van der Waals surface area contributed by atoms with Gasteiger partial charge in [0.15, 0.2) is 9.84 Å². The van der Waals surface area contributed by atoms with E-state index in [0.29, 0.717) is 13.0 Å². The quantitative estimate of drug-likeness (QED) is 0.591. The van der Waals surface area contributed by atoms with Crippen molar-refractivity contribution >= 4 is 9.84 Å². The van der Waals surface area contributed by atoms with Crippen LogP contribution in [0.15, 0.2) is 0 Å². The Bertz CT molecular complexity index is 164. The third-order valence-electron chi connectivity index (χ3n) is 0.957. The SMILES string of the molecule is COCS(=O)(=O)CCCN. The van der Waals surface area contributed by atoms with Gasteiger partial charge in [-0.2, -0.15) is 0 Å². The lowest BCUT2D eigenvalue weighted by Gasteiger charge is -1.99. The lowest BCUT2D eigenvalue weighted by molar-refractivity contribution is 0.249. The lowest BCUT2D eigenvalue weighted by atomic mass is 10.5. The number of rotatable bonds is 5. The molecule has 0 aromatic rings. The van der Waals surface area contributed by atoms with Crippen LogP contribution >= 0.6 is 0 Å². The van der Waals surface area contributed by atoms with Gasteiger partial charge in [0.1, 0.15) is 5.94 Å². The average molecular weight is 167 g/mol. The zero-order chi connectivity index (χ0) is 8.04. The van der Waals surface area contributed by atoms with Crippen molar-refractivity contribution in [3.05, 3.63) is 0 Å². The van der Waals surface area contributed by atoms with Gasteiger partial charge < -0.3 is 10.5 Å². The minimum atomic E-state index is -3.00. The highest BCUT2D eigenvalue weighted by Gasteiger charge is 2.07. The molecule has 0 aliphatic heterocycles. The second kappa shape index (κ2) is 4.65. The Balaban J connectivity index is 3.65. The predicted molar refractivity (Wildman–Crippen MR) is 39.3 cm³/mol. The molecule has 0 spiro atoms. The van der Waals surface area contributed by atoms with Crippen molar-refractivity contribution in [2.75, 3.05) is 25.3 Å². The summed E-state index contributed by atoms with van der Waals surface area (Å²) in [6.45, 7) is 0.406. The molecule has 62 valence electrons. The molecule has 0 fully saturated rings. The molecule has 0 aromatic carbocycles.